The lowest BCUT2D eigenvalue weighted by Crippen LogP contribution is -2.13. The number of benzene rings is 1. The van der Waals surface area contributed by atoms with Crippen molar-refractivity contribution in [1.82, 2.24) is 4.98 Å². The van der Waals surface area contributed by atoms with E-state index in [0.717, 1.165) is 16.2 Å². The second-order valence-electron chi connectivity index (χ2n) is 3.84. The predicted molar refractivity (Wildman–Crippen MR) is 68.5 cm³/mol. The number of aromatic nitrogens is 1. The molecule has 0 radical (unpaired) electrons. The van der Waals surface area contributed by atoms with Crippen LogP contribution in [0.4, 0.5) is 0 Å². The van der Waals surface area contributed by atoms with E-state index in [1.54, 1.807) is 30.2 Å². The summed E-state index contributed by atoms with van der Waals surface area (Å²) in [5.41, 5.74) is 2.82. The van der Waals surface area contributed by atoms with Crippen LogP contribution in [0.5, 0.6) is 5.75 Å². The van der Waals surface area contributed by atoms with E-state index < -0.39 is 6.10 Å². The molecule has 1 heterocycles. The molecule has 1 atom stereocenters. The fourth-order valence-corrected chi connectivity index (χ4v) is 2.44. The van der Waals surface area contributed by atoms with E-state index in [0.29, 0.717) is 12.8 Å². The van der Waals surface area contributed by atoms with Gasteiger partial charge < -0.3 is 9.84 Å². The topological polar surface area (TPSA) is 42.4 Å². The minimum Gasteiger partial charge on any atom is -0.496 e. The molecule has 90 valence electrons. The van der Waals surface area contributed by atoms with Gasteiger partial charge in [0.1, 0.15) is 5.75 Å². The van der Waals surface area contributed by atoms with Crippen molar-refractivity contribution >= 4 is 11.3 Å². The molecule has 17 heavy (non-hydrogen) atoms. The van der Waals surface area contributed by atoms with Crippen molar-refractivity contribution in [3.63, 3.8) is 0 Å². The number of rotatable bonds is 5. The Morgan fingerprint density at radius 3 is 2.88 bits per heavy atom. The lowest BCUT2D eigenvalue weighted by Gasteiger charge is -2.12. The molecule has 0 aliphatic rings. The van der Waals surface area contributed by atoms with Gasteiger partial charge in [-0.1, -0.05) is 18.2 Å². The third-order valence-electron chi connectivity index (χ3n) is 2.57. The van der Waals surface area contributed by atoms with E-state index in [2.05, 4.69) is 4.98 Å². The van der Waals surface area contributed by atoms with Crippen molar-refractivity contribution in [3.05, 3.63) is 46.4 Å². The minimum atomic E-state index is -0.397. The molecular weight excluding hydrogens is 234 g/mol. The number of ether oxygens (including phenoxy) is 1. The Balaban J connectivity index is 2.00. The van der Waals surface area contributed by atoms with Crippen LogP contribution in [0.25, 0.3) is 0 Å². The highest BCUT2D eigenvalue weighted by Crippen LogP contribution is 2.20. The van der Waals surface area contributed by atoms with Crippen LogP contribution in [0.1, 0.15) is 10.4 Å². The Bertz CT molecular complexity index is 456. The summed E-state index contributed by atoms with van der Waals surface area (Å²) >= 11 is 1.57. The van der Waals surface area contributed by atoms with E-state index in [1.165, 1.54) is 0 Å². The smallest absolute Gasteiger partial charge is 0.122 e. The van der Waals surface area contributed by atoms with Gasteiger partial charge in [-0.2, -0.15) is 0 Å². The SMILES string of the molecule is COc1ccccc1CC(O)Cc1cncs1. The Morgan fingerprint density at radius 1 is 1.35 bits per heavy atom. The first-order chi connectivity index (χ1) is 8.29. The molecule has 1 aromatic heterocycles. The van der Waals surface area contributed by atoms with Gasteiger partial charge >= 0.3 is 0 Å². The number of methoxy groups -OCH3 is 1. The molecule has 2 rings (SSSR count). The summed E-state index contributed by atoms with van der Waals surface area (Å²) in [6, 6.07) is 7.78. The standard InChI is InChI=1S/C13H15NO2S/c1-16-13-5-3-2-4-10(13)6-11(15)7-12-8-14-9-17-12/h2-5,8-9,11,15H,6-7H2,1H3. The van der Waals surface area contributed by atoms with Gasteiger partial charge in [-0.25, -0.2) is 0 Å². The van der Waals surface area contributed by atoms with E-state index in [4.69, 9.17) is 4.74 Å². The second kappa shape index (κ2) is 5.80. The molecule has 0 spiro atoms. The van der Waals surface area contributed by atoms with Gasteiger partial charge in [0, 0.05) is 23.9 Å². The molecule has 0 aliphatic heterocycles. The molecule has 1 aromatic carbocycles. The van der Waals surface area contributed by atoms with E-state index in [9.17, 15) is 5.11 Å². The van der Waals surface area contributed by atoms with Crippen LogP contribution in [-0.2, 0) is 12.8 Å². The summed E-state index contributed by atoms with van der Waals surface area (Å²) < 4.78 is 5.26. The molecule has 0 aliphatic carbocycles. The number of aliphatic hydroxyl groups is 1. The normalized spacial score (nSPS) is 12.4. The predicted octanol–water partition coefficient (Wildman–Crippen LogP) is 2.30. The number of hydrogen-bond donors (Lipinski definition) is 1. The Morgan fingerprint density at radius 2 is 2.18 bits per heavy atom. The number of thiazole rings is 1. The van der Waals surface area contributed by atoms with Crippen molar-refractivity contribution in [1.29, 1.82) is 0 Å². The highest BCUT2D eigenvalue weighted by molar-refractivity contribution is 7.09. The third kappa shape index (κ3) is 3.28. The molecule has 0 saturated heterocycles. The van der Waals surface area contributed by atoms with Crippen LogP contribution in [-0.4, -0.2) is 23.3 Å². The molecular formula is C13H15NO2S. The fourth-order valence-electron chi connectivity index (χ4n) is 1.77. The zero-order chi connectivity index (χ0) is 12.1. The summed E-state index contributed by atoms with van der Waals surface area (Å²) in [6.45, 7) is 0. The van der Waals surface area contributed by atoms with Crippen molar-refractivity contribution in [2.45, 2.75) is 18.9 Å². The number of para-hydroxylation sites is 1. The van der Waals surface area contributed by atoms with Crippen molar-refractivity contribution in [3.8, 4) is 5.75 Å². The van der Waals surface area contributed by atoms with Crippen LogP contribution in [0.3, 0.4) is 0 Å². The van der Waals surface area contributed by atoms with E-state index in [-0.39, 0.29) is 0 Å². The first kappa shape index (κ1) is 12.1. The molecule has 1 unspecified atom stereocenters. The van der Waals surface area contributed by atoms with Gasteiger partial charge in [0.25, 0.3) is 0 Å². The number of aliphatic hydroxyl groups excluding tert-OH is 1. The highest BCUT2D eigenvalue weighted by Gasteiger charge is 2.10. The van der Waals surface area contributed by atoms with Crippen LogP contribution < -0.4 is 4.74 Å². The van der Waals surface area contributed by atoms with Gasteiger partial charge in [-0.3, -0.25) is 4.98 Å². The van der Waals surface area contributed by atoms with Gasteiger partial charge in [0.2, 0.25) is 0 Å². The molecule has 2 aromatic rings. The molecule has 1 N–H and O–H groups in total. The van der Waals surface area contributed by atoms with Crippen LogP contribution in [0.15, 0.2) is 36.0 Å². The van der Waals surface area contributed by atoms with Gasteiger partial charge in [0.05, 0.1) is 18.7 Å². The molecule has 0 fully saturated rings. The van der Waals surface area contributed by atoms with Gasteiger partial charge in [-0.15, -0.1) is 11.3 Å². The molecule has 4 heteroatoms. The third-order valence-corrected chi connectivity index (χ3v) is 3.37. The fraction of sp³-hybridized carbons (Fsp3) is 0.308. The van der Waals surface area contributed by atoms with E-state index >= 15 is 0 Å². The van der Waals surface area contributed by atoms with Crippen LogP contribution in [0.2, 0.25) is 0 Å². The Labute approximate surface area is 105 Å². The zero-order valence-electron chi connectivity index (χ0n) is 9.67. The summed E-state index contributed by atoms with van der Waals surface area (Å²) in [5, 5.41) is 10.0. The maximum Gasteiger partial charge on any atom is 0.122 e. The lowest BCUT2D eigenvalue weighted by atomic mass is 10.0. The van der Waals surface area contributed by atoms with Crippen LogP contribution >= 0.6 is 11.3 Å². The first-order valence-electron chi connectivity index (χ1n) is 5.47. The maximum atomic E-state index is 10.0. The molecule has 3 nitrogen and oxygen atoms in total. The summed E-state index contributed by atoms with van der Waals surface area (Å²) in [4.78, 5) is 5.10. The number of hydrogen-bond acceptors (Lipinski definition) is 4. The summed E-state index contributed by atoms with van der Waals surface area (Å²) in [7, 11) is 1.65. The highest BCUT2D eigenvalue weighted by atomic mass is 32.1. The minimum absolute atomic E-state index is 0.397. The largest absolute Gasteiger partial charge is 0.496 e. The summed E-state index contributed by atoms with van der Waals surface area (Å²) in [6.07, 6.45) is 2.65. The van der Waals surface area contributed by atoms with Gasteiger partial charge in [0.15, 0.2) is 0 Å². The van der Waals surface area contributed by atoms with Crippen molar-refractivity contribution in [2.75, 3.05) is 7.11 Å². The Hall–Kier alpha value is -1.39. The Kier molecular flexibility index (Phi) is 4.12. The van der Waals surface area contributed by atoms with Crippen molar-refractivity contribution < 1.29 is 9.84 Å². The van der Waals surface area contributed by atoms with Crippen molar-refractivity contribution in [2.24, 2.45) is 0 Å². The second-order valence-corrected chi connectivity index (χ2v) is 4.81. The molecule has 0 bridgehead atoms. The monoisotopic (exact) mass is 249 g/mol. The van der Waals surface area contributed by atoms with E-state index in [1.807, 2.05) is 24.3 Å². The molecule has 0 saturated carbocycles. The average Bonchev–Trinajstić information content (AvgIpc) is 2.82. The average molecular weight is 249 g/mol. The quantitative estimate of drug-likeness (QED) is 0.884. The number of nitrogens with zero attached hydrogens (tertiary/aromatic N) is 1. The molecule has 0 amide bonds. The lowest BCUT2D eigenvalue weighted by molar-refractivity contribution is 0.175. The first-order valence-corrected chi connectivity index (χ1v) is 6.35. The van der Waals surface area contributed by atoms with Crippen LogP contribution in [0, 0.1) is 0 Å². The zero-order valence-corrected chi connectivity index (χ0v) is 10.5. The van der Waals surface area contributed by atoms with Gasteiger partial charge in [-0.05, 0) is 11.6 Å². The summed E-state index contributed by atoms with van der Waals surface area (Å²) in [5.74, 6) is 0.829. The maximum absolute atomic E-state index is 10.0.